The molecular formula is C17H15N3O. The maximum atomic E-state index is 5.82. The number of fused-ring (bicyclic) bond motifs is 3. The van der Waals surface area contributed by atoms with Gasteiger partial charge in [0.25, 0.3) is 0 Å². The van der Waals surface area contributed by atoms with E-state index in [0.29, 0.717) is 6.61 Å². The zero-order valence-electron chi connectivity index (χ0n) is 11.5. The predicted octanol–water partition coefficient (Wildman–Crippen LogP) is 3.76. The Morgan fingerprint density at radius 2 is 1.81 bits per heavy atom. The number of anilines is 2. The molecule has 0 bridgehead atoms. The van der Waals surface area contributed by atoms with Gasteiger partial charge in [-0.2, -0.15) is 5.10 Å². The Morgan fingerprint density at radius 1 is 1.00 bits per heavy atom. The molecule has 1 aliphatic heterocycles. The lowest BCUT2D eigenvalue weighted by Gasteiger charge is -2.05. The van der Waals surface area contributed by atoms with Crippen LogP contribution < -0.4 is 10.1 Å². The van der Waals surface area contributed by atoms with E-state index in [0.717, 1.165) is 34.9 Å². The summed E-state index contributed by atoms with van der Waals surface area (Å²) in [5.74, 6) is 1.78. The summed E-state index contributed by atoms with van der Waals surface area (Å²) in [5.41, 5.74) is 4.31. The highest BCUT2D eigenvalue weighted by atomic mass is 16.5. The second-order valence-corrected chi connectivity index (χ2v) is 5.01. The van der Waals surface area contributed by atoms with Crippen LogP contribution in [-0.2, 0) is 6.42 Å². The van der Waals surface area contributed by atoms with Crippen LogP contribution in [0.4, 0.5) is 11.5 Å². The highest BCUT2D eigenvalue weighted by Crippen LogP contribution is 2.36. The minimum absolute atomic E-state index is 0.660. The number of hydrogen-bond donors (Lipinski definition) is 2. The first-order valence-corrected chi connectivity index (χ1v) is 7.03. The molecule has 1 aliphatic rings. The van der Waals surface area contributed by atoms with Gasteiger partial charge in [-0.15, -0.1) is 0 Å². The summed E-state index contributed by atoms with van der Waals surface area (Å²) < 4.78 is 5.82. The van der Waals surface area contributed by atoms with Crippen LogP contribution in [0.3, 0.4) is 0 Å². The first kappa shape index (κ1) is 12.0. The van der Waals surface area contributed by atoms with E-state index >= 15 is 0 Å². The molecule has 3 aromatic rings. The molecular weight excluding hydrogens is 262 g/mol. The molecule has 4 rings (SSSR count). The van der Waals surface area contributed by atoms with E-state index in [-0.39, 0.29) is 0 Å². The van der Waals surface area contributed by atoms with E-state index in [1.54, 1.807) is 0 Å². The summed E-state index contributed by atoms with van der Waals surface area (Å²) in [6.45, 7) is 0.660. The summed E-state index contributed by atoms with van der Waals surface area (Å²) in [6, 6.07) is 18.1. The molecule has 4 heteroatoms. The number of nitrogens with zero attached hydrogens (tertiary/aromatic N) is 1. The number of para-hydroxylation sites is 2. The molecule has 0 fully saturated rings. The Kier molecular flexibility index (Phi) is 2.85. The van der Waals surface area contributed by atoms with Gasteiger partial charge in [0.05, 0.1) is 12.3 Å². The summed E-state index contributed by atoms with van der Waals surface area (Å²) in [4.78, 5) is 0. The monoisotopic (exact) mass is 277 g/mol. The van der Waals surface area contributed by atoms with Crippen LogP contribution in [0.5, 0.6) is 5.75 Å². The fraction of sp³-hybridized carbons (Fsp3) is 0.118. The van der Waals surface area contributed by atoms with Crippen molar-refractivity contribution in [1.82, 2.24) is 10.2 Å². The van der Waals surface area contributed by atoms with E-state index in [1.165, 1.54) is 5.56 Å². The zero-order chi connectivity index (χ0) is 14.1. The van der Waals surface area contributed by atoms with Gasteiger partial charge in [0.1, 0.15) is 5.75 Å². The van der Waals surface area contributed by atoms with Gasteiger partial charge in [-0.05, 0) is 24.3 Å². The summed E-state index contributed by atoms with van der Waals surface area (Å²) in [5, 5.41) is 11.0. The number of ether oxygens (including phenoxy) is 1. The first-order valence-electron chi connectivity index (χ1n) is 7.03. The lowest BCUT2D eigenvalue weighted by molar-refractivity contribution is 0.326. The topological polar surface area (TPSA) is 49.9 Å². The number of rotatable bonds is 2. The van der Waals surface area contributed by atoms with E-state index in [4.69, 9.17) is 4.74 Å². The third-order valence-corrected chi connectivity index (χ3v) is 3.67. The lowest BCUT2D eigenvalue weighted by atomic mass is 10.1. The van der Waals surface area contributed by atoms with Gasteiger partial charge in [-0.1, -0.05) is 30.3 Å². The number of H-pyrrole nitrogens is 1. The van der Waals surface area contributed by atoms with Crippen molar-refractivity contribution in [2.75, 3.05) is 11.9 Å². The van der Waals surface area contributed by atoms with Crippen LogP contribution in [-0.4, -0.2) is 16.8 Å². The van der Waals surface area contributed by atoms with Crippen molar-refractivity contribution in [1.29, 1.82) is 0 Å². The van der Waals surface area contributed by atoms with Crippen molar-refractivity contribution >= 4 is 11.5 Å². The number of aromatic amines is 1. The van der Waals surface area contributed by atoms with Crippen molar-refractivity contribution in [3.8, 4) is 17.0 Å². The van der Waals surface area contributed by atoms with Gasteiger partial charge >= 0.3 is 0 Å². The Labute approximate surface area is 122 Å². The second-order valence-electron chi connectivity index (χ2n) is 5.01. The molecule has 0 amide bonds. The van der Waals surface area contributed by atoms with Crippen LogP contribution in [0, 0.1) is 0 Å². The minimum Gasteiger partial charge on any atom is -0.493 e. The highest BCUT2D eigenvalue weighted by Gasteiger charge is 2.20. The average Bonchev–Trinajstić information content (AvgIpc) is 2.82. The van der Waals surface area contributed by atoms with Gasteiger partial charge in [0, 0.05) is 23.2 Å². The Balaban J connectivity index is 1.76. The minimum atomic E-state index is 0.660. The molecule has 104 valence electrons. The van der Waals surface area contributed by atoms with E-state index < -0.39 is 0 Å². The maximum Gasteiger partial charge on any atom is 0.156 e. The SMILES string of the molecule is c1ccc(Nc2n[nH]c3c2CCOc2ccccc2-3)cc1. The normalized spacial score (nSPS) is 12.8. The molecule has 2 N–H and O–H groups in total. The molecule has 1 aromatic heterocycles. The van der Waals surface area contributed by atoms with Crippen LogP contribution in [0.15, 0.2) is 54.6 Å². The van der Waals surface area contributed by atoms with Crippen molar-refractivity contribution in [2.45, 2.75) is 6.42 Å². The quantitative estimate of drug-likeness (QED) is 0.750. The van der Waals surface area contributed by atoms with E-state index in [1.807, 2.05) is 48.5 Å². The lowest BCUT2D eigenvalue weighted by Crippen LogP contribution is -2.01. The molecule has 2 aromatic carbocycles. The third kappa shape index (κ3) is 2.14. The van der Waals surface area contributed by atoms with E-state index in [9.17, 15) is 0 Å². The summed E-state index contributed by atoms with van der Waals surface area (Å²) in [7, 11) is 0. The highest BCUT2D eigenvalue weighted by molar-refractivity contribution is 5.76. The molecule has 0 atom stereocenters. The van der Waals surface area contributed by atoms with Crippen molar-refractivity contribution in [3.05, 3.63) is 60.2 Å². The smallest absolute Gasteiger partial charge is 0.156 e. The zero-order valence-corrected chi connectivity index (χ0v) is 11.5. The second kappa shape index (κ2) is 4.98. The maximum absolute atomic E-state index is 5.82. The molecule has 0 unspecified atom stereocenters. The summed E-state index contributed by atoms with van der Waals surface area (Å²) >= 11 is 0. The van der Waals surface area contributed by atoms with Gasteiger partial charge in [0.15, 0.2) is 5.82 Å². The molecule has 0 spiro atoms. The number of aromatic nitrogens is 2. The summed E-state index contributed by atoms with van der Waals surface area (Å²) in [6.07, 6.45) is 0.829. The van der Waals surface area contributed by atoms with Crippen LogP contribution in [0.1, 0.15) is 5.56 Å². The van der Waals surface area contributed by atoms with Crippen molar-refractivity contribution in [3.63, 3.8) is 0 Å². The molecule has 2 heterocycles. The van der Waals surface area contributed by atoms with Crippen LogP contribution in [0.25, 0.3) is 11.3 Å². The average molecular weight is 277 g/mol. The molecule has 0 radical (unpaired) electrons. The van der Waals surface area contributed by atoms with Gasteiger partial charge in [-0.3, -0.25) is 5.10 Å². The number of hydrogen-bond acceptors (Lipinski definition) is 3. The number of benzene rings is 2. The molecule has 0 saturated heterocycles. The van der Waals surface area contributed by atoms with Crippen LogP contribution in [0.2, 0.25) is 0 Å². The Morgan fingerprint density at radius 3 is 2.71 bits per heavy atom. The third-order valence-electron chi connectivity index (χ3n) is 3.67. The Bertz CT molecular complexity index is 765. The molecule has 0 saturated carbocycles. The first-order chi connectivity index (χ1) is 10.4. The fourth-order valence-corrected chi connectivity index (χ4v) is 2.66. The fourth-order valence-electron chi connectivity index (χ4n) is 2.66. The predicted molar refractivity (Wildman–Crippen MR) is 82.9 cm³/mol. The van der Waals surface area contributed by atoms with E-state index in [2.05, 4.69) is 21.6 Å². The standard InChI is InChI=1S/C17H15N3O/c1-2-6-12(7-3-1)18-17-14-10-11-21-15-9-5-4-8-13(15)16(14)19-20-17/h1-9H,10-11H2,(H2,18,19,20). The molecule has 0 aliphatic carbocycles. The van der Waals surface area contributed by atoms with Crippen molar-refractivity contribution in [2.24, 2.45) is 0 Å². The van der Waals surface area contributed by atoms with Crippen LogP contribution >= 0.6 is 0 Å². The number of nitrogens with one attached hydrogen (secondary N) is 2. The largest absolute Gasteiger partial charge is 0.493 e. The van der Waals surface area contributed by atoms with Gasteiger partial charge in [0.2, 0.25) is 0 Å². The van der Waals surface area contributed by atoms with Crippen molar-refractivity contribution < 1.29 is 4.74 Å². The van der Waals surface area contributed by atoms with Gasteiger partial charge in [-0.25, -0.2) is 0 Å². The molecule has 21 heavy (non-hydrogen) atoms. The molecule has 4 nitrogen and oxygen atoms in total. The van der Waals surface area contributed by atoms with Gasteiger partial charge < -0.3 is 10.1 Å². The Hall–Kier alpha value is -2.75.